The molecule has 1 atom stereocenters. The monoisotopic (exact) mass is 188 g/mol. The Labute approximate surface area is 74.3 Å². The summed E-state index contributed by atoms with van der Waals surface area (Å²) in [5.74, 6) is -0.917. The zero-order valence-electron chi connectivity index (χ0n) is 6.25. The summed E-state index contributed by atoms with van der Waals surface area (Å²) in [4.78, 5) is 13.0. The number of nitrogens with two attached hydrogens (primary N) is 1. The molecule has 1 aromatic heterocycles. The van der Waals surface area contributed by atoms with Crippen molar-refractivity contribution < 1.29 is 9.90 Å². The lowest BCUT2D eigenvalue weighted by Crippen LogP contribution is -2.14. The van der Waals surface area contributed by atoms with Gasteiger partial charge in [-0.25, -0.2) is 0 Å². The van der Waals surface area contributed by atoms with E-state index in [2.05, 4.69) is 4.98 Å². The summed E-state index contributed by atoms with van der Waals surface area (Å²) in [5.41, 5.74) is 6.26. The van der Waals surface area contributed by atoms with Crippen LogP contribution in [-0.4, -0.2) is 16.1 Å². The molecule has 1 aromatic rings. The fourth-order valence-electron chi connectivity index (χ4n) is 0.902. The highest BCUT2D eigenvalue weighted by atomic mass is 35.5. The molecule has 0 aliphatic heterocycles. The van der Waals surface area contributed by atoms with Gasteiger partial charge in [-0.3, -0.25) is 4.79 Å². The Hall–Kier alpha value is -1.00. The van der Waals surface area contributed by atoms with E-state index in [4.69, 9.17) is 22.4 Å². The minimum atomic E-state index is -0.917. The lowest BCUT2D eigenvalue weighted by Gasteiger charge is -2.04. The maximum Gasteiger partial charge on any atom is 0.305 e. The van der Waals surface area contributed by atoms with E-state index < -0.39 is 12.0 Å². The Morgan fingerprint density at radius 1 is 1.83 bits per heavy atom. The highest BCUT2D eigenvalue weighted by molar-refractivity contribution is 6.29. The SMILES string of the molecule is NC(CC(=O)O)c1c[nH]c(Cl)c1. The molecular formula is C7H9ClN2O2. The minimum absolute atomic E-state index is 0.0891. The molecule has 12 heavy (non-hydrogen) atoms. The number of nitrogens with one attached hydrogen (secondary N) is 1. The second kappa shape index (κ2) is 3.60. The molecule has 0 aromatic carbocycles. The Bertz CT molecular complexity index is 285. The summed E-state index contributed by atoms with van der Waals surface area (Å²) in [6.45, 7) is 0. The van der Waals surface area contributed by atoms with Gasteiger partial charge in [0, 0.05) is 12.2 Å². The molecule has 0 fully saturated rings. The molecule has 4 nitrogen and oxygen atoms in total. The van der Waals surface area contributed by atoms with Crippen LogP contribution < -0.4 is 5.73 Å². The normalized spacial score (nSPS) is 12.8. The average molecular weight is 189 g/mol. The highest BCUT2D eigenvalue weighted by Gasteiger charge is 2.11. The molecule has 0 saturated carbocycles. The summed E-state index contributed by atoms with van der Waals surface area (Å²) in [6, 6.07) is 1.13. The van der Waals surface area contributed by atoms with Crippen molar-refractivity contribution in [3.05, 3.63) is 23.0 Å². The molecule has 0 saturated heterocycles. The van der Waals surface area contributed by atoms with Crippen LogP contribution in [0.2, 0.25) is 5.15 Å². The third-order valence-electron chi connectivity index (χ3n) is 1.49. The molecule has 1 rings (SSSR count). The first kappa shape index (κ1) is 9.09. The van der Waals surface area contributed by atoms with E-state index >= 15 is 0 Å². The Kier molecular flexibility index (Phi) is 2.73. The minimum Gasteiger partial charge on any atom is -0.481 e. The number of halogens is 1. The second-order valence-electron chi connectivity index (χ2n) is 2.49. The summed E-state index contributed by atoms with van der Waals surface area (Å²) in [7, 11) is 0. The van der Waals surface area contributed by atoms with Crippen LogP contribution in [0.25, 0.3) is 0 Å². The largest absolute Gasteiger partial charge is 0.481 e. The Morgan fingerprint density at radius 3 is 2.92 bits per heavy atom. The molecule has 5 heteroatoms. The van der Waals surface area contributed by atoms with Crippen molar-refractivity contribution in [1.82, 2.24) is 4.98 Å². The van der Waals surface area contributed by atoms with Gasteiger partial charge in [0.05, 0.1) is 6.42 Å². The molecule has 0 radical (unpaired) electrons. The molecular weight excluding hydrogens is 180 g/mol. The van der Waals surface area contributed by atoms with E-state index in [1.54, 1.807) is 12.3 Å². The number of carbonyl (C=O) groups is 1. The molecule has 0 amide bonds. The van der Waals surface area contributed by atoms with Crippen LogP contribution in [0.4, 0.5) is 0 Å². The number of H-pyrrole nitrogens is 1. The summed E-state index contributed by atoms with van der Waals surface area (Å²) >= 11 is 5.58. The molecule has 1 unspecified atom stereocenters. The van der Waals surface area contributed by atoms with Crippen molar-refractivity contribution >= 4 is 17.6 Å². The van der Waals surface area contributed by atoms with E-state index in [0.29, 0.717) is 10.7 Å². The summed E-state index contributed by atoms with van der Waals surface area (Å²) < 4.78 is 0. The quantitative estimate of drug-likeness (QED) is 0.666. The highest BCUT2D eigenvalue weighted by Crippen LogP contribution is 2.17. The smallest absolute Gasteiger partial charge is 0.305 e. The number of carboxylic acids is 1. The van der Waals surface area contributed by atoms with E-state index in [1.807, 2.05) is 0 Å². The third kappa shape index (κ3) is 2.25. The average Bonchev–Trinajstić information content (AvgIpc) is 2.34. The fraction of sp³-hybridized carbons (Fsp3) is 0.286. The molecule has 0 aliphatic carbocycles. The van der Waals surface area contributed by atoms with Crippen LogP contribution in [-0.2, 0) is 4.79 Å². The van der Waals surface area contributed by atoms with Gasteiger partial charge in [0.15, 0.2) is 0 Å². The number of aromatic amines is 1. The fourth-order valence-corrected chi connectivity index (χ4v) is 1.08. The molecule has 66 valence electrons. The zero-order chi connectivity index (χ0) is 9.14. The van der Waals surface area contributed by atoms with Gasteiger partial charge in [0.1, 0.15) is 5.15 Å². The number of carboxylic acid groups (broad SMARTS) is 1. The van der Waals surface area contributed by atoms with E-state index in [1.165, 1.54) is 0 Å². The zero-order valence-corrected chi connectivity index (χ0v) is 7.01. The number of hydrogen-bond donors (Lipinski definition) is 3. The van der Waals surface area contributed by atoms with Crippen LogP contribution in [0.5, 0.6) is 0 Å². The van der Waals surface area contributed by atoms with Crippen LogP contribution in [0, 0.1) is 0 Å². The first-order valence-electron chi connectivity index (χ1n) is 3.41. The van der Waals surface area contributed by atoms with E-state index in [9.17, 15) is 4.79 Å². The first-order valence-corrected chi connectivity index (χ1v) is 3.78. The lowest BCUT2D eigenvalue weighted by atomic mass is 10.1. The number of rotatable bonds is 3. The van der Waals surface area contributed by atoms with Gasteiger partial charge in [0.25, 0.3) is 0 Å². The standard InChI is InChI=1S/C7H9ClN2O2/c8-6-1-4(3-10-6)5(9)2-7(11)12/h1,3,5,10H,2,9H2,(H,11,12). The second-order valence-corrected chi connectivity index (χ2v) is 2.89. The maximum absolute atomic E-state index is 10.3. The molecule has 0 aliphatic rings. The van der Waals surface area contributed by atoms with Crippen LogP contribution in [0.1, 0.15) is 18.0 Å². The van der Waals surface area contributed by atoms with Crippen LogP contribution >= 0.6 is 11.6 Å². The number of hydrogen-bond acceptors (Lipinski definition) is 2. The van der Waals surface area contributed by atoms with Crippen molar-refractivity contribution in [1.29, 1.82) is 0 Å². The van der Waals surface area contributed by atoms with Crippen LogP contribution in [0.3, 0.4) is 0 Å². The summed E-state index contributed by atoms with van der Waals surface area (Å²) in [5, 5.41) is 8.89. The van der Waals surface area contributed by atoms with E-state index in [0.717, 1.165) is 0 Å². The van der Waals surface area contributed by atoms with E-state index in [-0.39, 0.29) is 6.42 Å². The van der Waals surface area contributed by atoms with Crippen molar-refractivity contribution in [2.24, 2.45) is 5.73 Å². The van der Waals surface area contributed by atoms with Gasteiger partial charge in [-0.2, -0.15) is 0 Å². The van der Waals surface area contributed by atoms with Gasteiger partial charge in [-0.1, -0.05) is 11.6 Å². The topological polar surface area (TPSA) is 79.1 Å². The third-order valence-corrected chi connectivity index (χ3v) is 1.71. The van der Waals surface area contributed by atoms with Gasteiger partial charge >= 0.3 is 5.97 Å². The van der Waals surface area contributed by atoms with Gasteiger partial charge in [0.2, 0.25) is 0 Å². The van der Waals surface area contributed by atoms with Gasteiger partial charge in [-0.05, 0) is 11.6 Å². The van der Waals surface area contributed by atoms with Crippen molar-refractivity contribution in [3.8, 4) is 0 Å². The lowest BCUT2D eigenvalue weighted by molar-refractivity contribution is -0.137. The number of aliphatic carboxylic acids is 1. The van der Waals surface area contributed by atoms with Crippen molar-refractivity contribution in [2.45, 2.75) is 12.5 Å². The molecule has 0 spiro atoms. The number of aromatic nitrogens is 1. The van der Waals surface area contributed by atoms with Crippen molar-refractivity contribution in [2.75, 3.05) is 0 Å². The molecule has 4 N–H and O–H groups in total. The van der Waals surface area contributed by atoms with Crippen molar-refractivity contribution in [3.63, 3.8) is 0 Å². The maximum atomic E-state index is 10.3. The predicted octanol–water partition coefficient (Wildman–Crippen LogP) is 1.14. The van der Waals surface area contributed by atoms with Gasteiger partial charge < -0.3 is 15.8 Å². The Balaban J connectivity index is 2.64. The molecule has 1 heterocycles. The molecule has 0 bridgehead atoms. The first-order chi connectivity index (χ1) is 5.59. The van der Waals surface area contributed by atoms with Gasteiger partial charge in [-0.15, -0.1) is 0 Å². The Morgan fingerprint density at radius 2 is 2.50 bits per heavy atom. The predicted molar refractivity (Wildman–Crippen MR) is 45.0 cm³/mol. The van der Waals surface area contributed by atoms with Crippen LogP contribution in [0.15, 0.2) is 12.3 Å². The summed E-state index contributed by atoms with van der Waals surface area (Å²) in [6.07, 6.45) is 1.52.